The Morgan fingerprint density at radius 1 is 1.40 bits per heavy atom. The van der Waals surface area contributed by atoms with E-state index >= 15 is 0 Å². The zero-order chi connectivity index (χ0) is 7.86. The van der Waals surface area contributed by atoms with E-state index in [0.29, 0.717) is 0 Å². The SMILES string of the molecule is CC(=N)OC(C)C.CS.Cl. The van der Waals surface area contributed by atoms with Crippen molar-refractivity contribution >= 4 is 30.9 Å². The van der Waals surface area contributed by atoms with Crippen molar-refractivity contribution in [3.05, 3.63) is 0 Å². The lowest BCUT2D eigenvalue weighted by molar-refractivity contribution is 0.224. The standard InChI is InChI=1S/C5H11NO.CH4S.ClH/c1-4(2)7-5(3)6;1-2;/h4,6H,1-3H3;2H,1H3;1H. The van der Waals surface area contributed by atoms with Crippen LogP contribution in [0.2, 0.25) is 0 Å². The normalized spacial score (nSPS) is 7.00. The largest absolute Gasteiger partial charge is 0.479 e. The minimum Gasteiger partial charge on any atom is -0.479 e. The zero-order valence-corrected chi connectivity index (χ0v) is 8.55. The molecule has 0 amide bonds. The van der Waals surface area contributed by atoms with Gasteiger partial charge in [-0.05, 0) is 20.1 Å². The minimum atomic E-state index is 0. The highest BCUT2D eigenvalue weighted by Gasteiger charge is 1.90. The molecule has 0 aromatic rings. The lowest BCUT2D eigenvalue weighted by Gasteiger charge is -2.04. The molecule has 2 nitrogen and oxygen atoms in total. The highest BCUT2D eigenvalue weighted by atomic mass is 35.5. The summed E-state index contributed by atoms with van der Waals surface area (Å²) in [6.07, 6.45) is 1.84. The number of hydrogen-bond acceptors (Lipinski definition) is 3. The molecule has 0 aromatic heterocycles. The molecular weight excluding hydrogens is 170 g/mol. The fourth-order valence-electron chi connectivity index (χ4n) is 0.354. The van der Waals surface area contributed by atoms with Crippen LogP contribution in [0.15, 0.2) is 0 Å². The summed E-state index contributed by atoms with van der Waals surface area (Å²) in [4.78, 5) is 0. The molecular formula is C6H16ClNOS. The first-order valence-corrected chi connectivity index (χ1v) is 3.69. The third kappa shape index (κ3) is 24.3. The molecule has 0 rings (SSSR count). The summed E-state index contributed by atoms with van der Waals surface area (Å²) in [7, 11) is 0. The van der Waals surface area contributed by atoms with E-state index < -0.39 is 0 Å². The van der Waals surface area contributed by atoms with E-state index in [0.717, 1.165) is 0 Å². The van der Waals surface area contributed by atoms with Gasteiger partial charge in [-0.1, -0.05) is 0 Å². The van der Waals surface area contributed by atoms with Gasteiger partial charge in [0.05, 0.1) is 6.10 Å². The molecule has 1 N–H and O–H groups in total. The molecule has 0 radical (unpaired) electrons. The molecule has 0 aliphatic carbocycles. The Morgan fingerprint density at radius 2 is 1.70 bits per heavy atom. The van der Waals surface area contributed by atoms with Gasteiger partial charge >= 0.3 is 0 Å². The van der Waals surface area contributed by atoms with Crippen molar-refractivity contribution in [2.75, 3.05) is 6.26 Å². The van der Waals surface area contributed by atoms with E-state index in [1.807, 2.05) is 13.8 Å². The zero-order valence-electron chi connectivity index (χ0n) is 6.84. The van der Waals surface area contributed by atoms with Gasteiger partial charge in [-0.3, -0.25) is 5.41 Å². The van der Waals surface area contributed by atoms with Crippen LogP contribution in [0.25, 0.3) is 0 Å². The van der Waals surface area contributed by atoms with E-state index in [2.05, 4.69) is 12.6 Å². The van der Waals surface area contributed by atoms with Crippen LogP contribution in [0, 0.1) is 5.41 Å². The maximum atomic E-state index is 6.80. The van der Waals surface area contributed by atoms with E-state index in [-0.39, 0.29) is 24.4 Å². The van der Waals surface area contributed by atoms with Gasteiger partial charge in [-0.2, -0.15) is 12.6 Å². The summed E-state index contributed by atoms with van der Waals surface area (Å²) >= 11 is 3.53. The van der Waals surface area contributed by atoms with E-state index in [1.54, 1.807) is 13.2 Å². The van der Waals surface area contributed by atoms with Gasteiger partial charge < -0.3 is 4.74 Å². The molecule has 0 saturated heterocycles. The Kier molecular flexibility index (Phi) is 19.7. The third-order valence-electron chi connectivity index (χ3n) is 0.412. The number of rotatable bonds is 1. The molecule has 0 unspecified atom stereocenters. The van der Waals surface area contributed by atoms with Crippen molar-refractivity contribution in [1.82, 2.24) is 0 Å². The first kappa shape index (κ1) is 16.6. The molecule has 64 valence electrons. The molecule has 0 atom stereocenters. The topological polar surface area (TPSA) is 33.1 Å². The molecule has 0 aromatic carbocycles. The third-order valence-corrected chi connectivity index (χ3v) is 0.412. The van der Waals surface area contributed by atoms with E-state index in [4.69, 9.17) is 10.1 Å². The van der Waals surface area contributed by atoms with Crippen molar-refractivity contribution in [3.8, 4) is 0 Å². The highest BCUT2D eigenvalue weighted by molar-refractivity contribution is 7.79. The average Bonchev–Trinajstić information content (AvgIpc) is 1.68. The summed E-state index contributed by atoms with van der Waals surface area (Å²) in [5.74, 6) is 0.287. The molecule has 0 saturated carbocycles. The molecule has 0 fully saturated rings. The van der Waals surface area contributed by atoms with Gasteiger partial charge in [0.2, 0.25) is 0 Å². The molecule has 0 spiro atoms. The molecule has 4 heteroatoms. The fraction of sp³-hybridized carbons (Fsp3) is 0.833. The molecule has 10 heavy (non-hydrogen) atoms. The smallest absolute Gasteiger partial charge is 0.177 e. The van der Waals surface area contributed by atoms with E-state index in [9.17, 15) is 0 Å². The Morgan fingerprint density at radius 3 is 1.70 bits per heavy atom. The number of ether oxygens (including phenoxy) is 1. The molecule has 0 heterocycles. The average molecular weight is 186 g/mol. The number of hydrogen-bond donors (Lipinski definition) is 2. The van der Waals surface area contributed by atoms with Gasteiger partial charge in [-0.15, -0.1) is 12.4 Å². The van der Waals surface area contributed by atoms with Gasteiger partial charge in [0, 0.05) is 6.92 Å². The first-order valence-electron chi connectivity index (χ1n) is 2.79. The van der Waals surface area contributed by atoms with Crippen molar-refractivity contribution in [1.29, 1.82) is 5.41 Å². The molecule has 0 aliphatic rings. The predicted octanol–water partition coefficient (Wildman–Crippen LogP) is 2.38. The second-order valence-electron chi connectivity index (χ2n) is 1.72. The quantitative estimate of drug-likeness (QED) is 0.367. The predicted molar refractivity (Wildman–Crippen MR) is 51.8 cm³/mol. The second-order valence-corrected chi connectivity index (χ2v) is 1.72. The lowest BCUT2D eigenvalue weighted by atomic mass is 10.5. The van der Waals surface area contributed by atoms with Crippen LogP contribution in [0.1, 0.15) is 20.8 Å². The maximum Gasteiger partial charge on any atom is 0.177 e. The summed E-state index contributed by atoms with van der Waals surface area (Å²) in [5.41, 5.74) is 0. The minimum absolute atomic E-state index is 0. The van der Waals surface area contributed by atoms with Gasteiger partial charge in [0.25, 0.3) is 0 Å². The fourth-order valence-corrected chi connectivity index (χ4v) is 0.354. The summed E-state index contributed by atoms with van der Waals surface area (Å²) in [5, 5.41) is 6.80. The van der Waals surface area contributed by atoms with Gasteiger partial charge in [0.15, 0.2) is 5.90 Å². The van der Waals surface area contributed by atoms with Crippen LogP contribution in [0.5, 0.6) is 0 Å². The lowest BCUT2D eigenvalue weighted by Crippen LogP contribution is -2.05. The Labute approximate surface area is 74.7 Å². The summed E-state index contributed by atoms with van der Waals surface area (Å²) < 4.78 is 4.83. The summed E-state index contributed by atoms with van der Waals surface area (Å²) in [6, 6.07) is 0. The van der Waals surface area contributed by atoms with Crippen molar-refractivity contribution < 1.29 is 4.74 Å². The Balaban J connectivity index is -0.000000149. The van der Waals surface area contributed by atoms with E-state index in [1.165, 1.54) is 0 Å². The van der Waals surface area contributed by atoms with Crippen LogP contribution in [-0.2, 0) is 4.74 Å². The van der Waals surface area contributed by atoms with Gasteiger partial charge in [0.1, 0.15) is 0 Å². The monoisotopic (exact) mass is 185 g/mol. The Hall–Kier alpha value is 0.110. The van der Waals surface area contributed by atoms with Crippen molar-refractivity contribution in [2.45, 2.75) is 26.9 Å². The highest BCUT2D eigenvalue weighted by Crippen LogP contribution is 1.86. The first-order chi connectivity index (χ1) is 4.13. The molecule has 0 bridgehead atoms. The molecule has 0 aliphatic heterocycles. The second kappa shape index (κ2) is 11.9. The van der Waals surface area contributed by atoms with Crippen LogP contribution >= 0.6 is 25.0 Å². The summed E-state index contributed by atoms with van der Waals surface area (Å²) in [6.45, 7) is 5.43. The van der Waals surface area contributed by atoms with Crippen LogP contribution in [0.3, 0.4) is 0 Å². The number of halogens is 1. The van der Waals surface area contributed by atoms with Crippen molar-refractivity contribution in [3.63, 3.8) is 0 Å². The maximum absolute atomic E-state index is 6.80. The number of nitrogens with one attached hydrogen (secondary N) is 1. The van der Waals surface area contributed by atoms with Crippen LogP contribution in [0.4, 0.5) is 0 Å². The van der Waals surface area contributed by atoms with Crippen LogP contribution in [-0.4, -0.2) is 18.3 Å². The number of thiol groups is 1. The van der Waals surface area contributed by atoms with Crippen LogP contribution < -0.4 is 0 Å². The van der Waals surface area contributed by atoms with Crippen molar-refractivity contribution in [2.24, 2.45) is 0 Å². The Bertz CT molecular complexity index is 78.1. The van der Waals surface area contributed by atoms with Gasteiger partial charge in [-0.25, -0.2) is 0 Å².